The third-order valence-corrected chi connectivity index (χ3v) is 5.46. The summed E-state index contributed by atoms with van der Waals surface area (Å²) in [5.74, 6) is 1.20. The molecule has 0 spiro atoms. The van der Waals surface area contributed by atoms with Gasteiger partial charge in [-0.1, -0.05) is 41.4 Å². The highest BCUT2D eigenvalue weighted by Crippen LogP contribution is 2.17. The maximum atomic E-state index is 13.1. The third kappa shape index (κ3) is 5.83. The van der Waals surface area contributed by atoms with Crippen molar-refractivity contribution >= 4 is 17.5 Å². The number of aryl methyl sites for hydroxylation is 1. The van der Waals surface area contributed by atoms with Crippen LogP contribution in [0, 0.1) is 6.92 Å². The Labute approximate surface area is 192 Å². The van der Waals surface area contributed by atoms with Crippen molar-refractivity contribution in [2.45, 2.75) is 26.6 Å². The number of benzene rings is 2. The van der Waals surface area contributed by atoms with Crippen molar-refractivity contribution in [3.05, 3.63) is 113 Å². The van der Waals surface area contributed by atoms with E-state index in [1.165, 1.54) is 11.1 Å². The molecular weight excluding hydrogens is 424 g/mol. The van der Waals surface area contributed by atoms with Crippen molar-refractivity contribution in [3.63, 3.8) is 0 Å². The molecule has 164 valence electrons. The van der Waals surface area contributed by atoms with E-state index < -0.39 is 0 Å². The highest BCUT2D eigenvalue weighted by Gasteiger charge is 2.18. The van der Waals surface area contributed by atoms with Crippen LogP contribution < -0.4 is 4.74 Å². The number of carbonyl (C=O) groups is 1. The molecule has 2 heterocycles. The summed E-state index contributed by atoms with van der Waals surface area (Å²) in [5.41, 5.74) is 3.48. The molecule has 4 aromatic rings. The van der Waals surface area contributed by atoms with Crippen molar-refractivity contribution in [1.82, 2.24) is 9.47 Å². The molecule has 5 nitrogen and oxygen atoms in total. The van der Waals surface area contributed by atoms with Crippen LogP contribution >= 0.6 is 11.6 Å². The van der Waals surface area contributed by atoms with E-state index in [-0.39, 0.29) is 12.5 Å². The number of hydrogen-bond acceptors (Lipinski definition) is 3. The van der Waals surface area contributed by atoms with Crippen LogP contribution in [0.1, 0.15) is 22.6 Å². The second-order valence-electron chi connectivity index (χ2n) is 7.68. The molecule has 32 heavy (non-hydrogen) atoms. The number of rotatable bonds is 9. The largest absolute Gasteiger partial charge is 0.484 e. The molecule has 0 aliphatic heterocycles. The highest BCUT2D eigenvalue weighted by molar-refractivity contribution is 6.30. The van der Waals surface area contributed by atoms with Gasteiger partial charge in [-0.05, 0) is 61.0 Å². The van der Waals surface area contributed by atoms with Crippen molar-refractivity contribution < 1.29 is 13.9 Å². The van der Waals surface area contributed by atoms with Gasteiger partial charge in [0.15, 0.2) is 6.61 Å². The SMILES string of the molecule is Cc1ccc(Cn2cccc2CN(Cc2ccco2)C(=O)COc2ccc(Cl)cc2)cc1. The van der Waals surface area contributed by atoms with Crippen LogP contribution in [0.4, 0.5) is 0 Å². The number of nitrogens with zero attached hydrogens (tertiary/aromatic N) is 2. The van der Waals surface area contributed by atoms with E-state index in [0.29, 0.717) is 23.9 Å². The number of carbonyl (C=O) groups excluding carboxylic acids is 1. The number of furan rings is 1. The monoisotopic (exact) mass is 448 g/mol. The van der Waals surface area contributed by atoms with Crippen LogP contribution in [0.3, 0.4) is 0 Å². The lowest BCUT2D eigenvalue weighted by Gasteiger charge is -2.23. The van der Waals surface area contributed by atoms with E-state index in [0.717, 1.165) is 18.0 Å². The van der Waals surface area contributed by atoms with Gasteiger partial charge in [0.05, 0.1) is 19.4 Å². The predicted octanol–water partition coefficient (Wildman–Crippen LogP) is 5.70. The second-order valence-corrected chi connectivity index (χ2v) is 8.12. The molecule has 0 fully saturated rings. The zero-order valence-corrected chi connectivity index (χ0v) is 18.7. The van der Waals surface area contributed by atoms with Crippen LogP contribution in [-0.2, 0) is 24.4 Å². The molecule has 0 atom stereocenters. The first kappa shape index (κ1) is 21.8. The minimum absolute atomic E-state index is 0.0684. The molecule has 6 heteroatoms. The first-order chi connectivity index (χ1) is 15.6. The molecule has 0 radical (unpaired) electrons. The van der Waals surface area contributed by atoms with Gasteiger partial charge in [-0.2, -0.15) is 0 Å². The zero-order valence-electron chi connectivity index (χ0n) is 17.9. The van der Waals surface area contributed by atoms with Gasteiger partial charge >= 0.3 is 0 Å². The van der Waals surface area contributed by atoms with Crippen LogP contribution in [0.15, 0.2) is 89.7 Å². The fraction of sp³-hybridized carbons (Fsp3) is 0.192. The molecule has 0 aliphatic carbocycles. The van der Waals surface area contributed by atoms with Gasteiger partial charge in [-0.15, -0.1) is 0 Å². The van der Waals surface area contributed by atoms with Gasteiger partial charge in [-0.3, -0.25) is 4.79 Å². The predicted molar refractivity (Wildman–Crippen MR) is 125 cm³/mol. The van der Waals surface area contributed by atoms with Gasteiger partial charge in [0.25, 0.3) is 5.91 Å². The minimum Gasteiger partial charge on any atom is -0.484 e. The summed E-state index contributed by atoms with van der Waals surface area (Å²) < 4.78 is 13.3. The molecule has 0 aliphatic rings. The Morgan fingerprint density at radius 3 is 2.50 bits per heavy atom. The molecule has 0 bridgehead atoms. The summed E-state index contributed by atoms with van der Waals surface area (Å²) in [6, 6.07) is 23.2. The Morgan fingerprint density at radius 2 is 1.78 bits per heavy atom. The summed E-state index contributed by atoms with van der Waals surface area (Å²) in [5, 5.41) is 0.623. The van der Waals surface area contributed by atoms with E-state index in [1.807, 2.05) is 30.5 Å². The van der Waals surface area contributed by atoms with Gasteiger partial charge < -0.3 is 18.6 Å². The fourth-order valence-corrected chi connectivity index (χ4v) is 3.55. The van der Waals surface area contributed by atoms with E-state index in [4.69, 9.17) is 20.8 Å². The summed E-state index contributed by atoms with van der Waals surface area (Å²) in [7, 11) is 0. The van der Waals surface area contributed by atoms with Crippen molar-refractivity contribution in [1.29, 1.82) is 0 Å². The van der Waals surface area contributed by atoms with Crippen LogP contribution in [0.5, 0.6) is 5.75 Å². The topological polar surface area (TPSA) is 47.6 Å². The molecule has 0 saturated heterocycles. The lowest BCUT2D eigenvalue weighted by Crippen LogP contribution is -2.34. The highest BCUT2D eigenvalue weighted by atomic mass is 35.5. The maximum Gasteiger partial charge on any atom is 0.261 e. The van der Waals surface area contributed by atoms with E-state index in [2.05, 4.69) is 35.8 Å². The number of aromatic nitrogens is 1. The average Bonchev–Trinajstić information content (AvgIpc) is 3.46. The summed E-state index contributed by atoms with van der Waals surface area (Å²) in [6.45, 7) is 3.57. The molecule has 2 aromatic heterocycles. The standard InChI is InChI=1S/C26H25ClN2O3/c1-20-6-8-21(9-7-20)16-28-14-2-4-23(28)17-29(18-25-5-3-15-31-25)26(30)19-32-24-12-10-22(27)11-13-24/h2-15H,16-19H2,1H3. The molecule has 2 aromatic carbocycles. The third-order valence-electron chi connectivity index (χ3n) is 5.21. The number of hydrogen-bond donors (Lipinski definition) is 0. The smallest absolute Gasteiger partial charge is 0.261 e. The van der Waals surface area contributed by atoms with E-state index >= 15 is 0 Å². The van der Waals surface area contributed by atoms with Crippen molar-refractivity contribution in [2.24, 2.45) is 0 Å². The summed E-state index contributed by atoms with van der Waals surface area (Å²) in [4.78, 5) is 14.8. The Morgan fingerprint density at radius 1 is 1.00 bits per heavy atom. The fourth-order valence-electron chi connectivity index (χ4n) is 3.42. The molecule has 4 rings (SSSR count). The van der Waals surface area contributed by atoms with Gasteiger partial charge in [0.1, 0.15) is 11.5 Å². The van der Waals surface area contributed by atoms with Crippen LogP contribution in [0.25, 0.3) is 0 Å². The van der Waals surface area contributed by atoms with Crippen molar-refractivity contribution in [3.8, 4) is 5.75 Å². The Balaban J connectivity index is 1.47. The lowest BCUT2D eigenvalue weighted by atomic mass is 10.1. The van der Waals surface area contributed by atoms with Gasteiger partial charge in [0, 0.05) is 23.5 Å². The van der Waals surface area contributed by atoms with Gasteiger partial charge in [-0.25, -0.2) is 0 Å². The van der Waals surface area contributed by atoms with Crippen LogP contribution in [0.2, 0.25) is 5.02 Å². The molecule has 0 N–H and O–H groups in total. The molecular formula is C26H25ClN2O3. The zero-order chi connectivity index (χ0) is 22.3. The second kappa shape index (κ2) is 10.2. The maximum absolute atomic E-state index is 13.1. The minimum atomic E-state index is -0.126. The lowest BCUT2D eigenvalue weighted by molar-refractivity contribution is -0.135. The normalized spacial score (nSPS) is 10.8. The Bertz CT molecular complexity index is 1130. The Hall–Kier alpha value is -3.44. The van der Waals surface area contributed by atoms with Crippen molar-refractivity contribution in [2.75, 3.05) is 6.61 Å². The Kier molecular flexibility index (Phi) is 6.97. The van der Waals surface area contributed by atoms with Gasteiger partial charge in [0.2, 0.25) is 0 Å². The van der Waals surface area contributed by atoms with E-state index in [1.54, 1.807) is 35.4 Å². The summed E-state index contributed by atoms with van der Waals surface area (Å²) in [6.07, 6.45) is 3.65. The summed E-state index contributed by atoms with van der Waals surface area (Å²) >= 11 is 5.92. The number of amides is 1. The van der Waals surface area contributed by atoms with E-state index in [9.17, 15) is 4.79 Å². The number of ether oxygens (including phenoxy) is 1. The first-order valence-corrected chi connectivity index (χ1v) is 10.8. The first-order valence-electron chi connectivity index (χ1n) is 10.4. The quantitative estimate of drug-likeness (QED) is 0.330. The average molecular weight is 449 g/mol. The molecule has 0 saturated carbocycles. The van der Waals surface area contributed by atoms with Crippen LogP contribution in [-0.4, -0.2) is 22.0 Å². The molecule has 1 amide bonds. The number of halogens is 1. The molecule has 0 unspecified atom stereocenters.